The fourth-order valence-electron chi connectivity index (χ4n) is 3.89. The predicted molar refractivity (Wildman–Crippen MR) is 126 cm³/mol. The average Bonchev–Trinajstić information content (AvgIpc) is 2.83. The summed E-state index contributed by atoms with van der Waals surface area (Å²) in [5.41, 5.74) is -0.663. The van der Waals surface area contributed by atoms with Crippen LogP contribution in [0.5, 0.6) is 0 Å². The number of halogens is 3. The van der Waals surface area contributed by atoms with E-state index in [1.54, 1.807) is 25.1 Å². The van der Waals surface area contributed by atoms with Crippen molar-refractivity contribution in [3.63, 3.8) is 0 Å². The Kier molecular flexibility index (Phi) is 6.87. The molecule has 36 heavy (non-hydrogen) atoms. The topological polar surface area (TPSA) is 125 Å². The first-order chi connectivity index (χ1) is 17.0. The van der Waals surface area contributed by atoms with Crippen LogP contribution in [0.2, 0.25) is 0 Å². The van der Waals surface area contributed by atoms with Gasteiger partial charge in [0.1, 0.15) is 17.7 Å². The van der Waals surface area contributed by atoms with Crippen molar-refractivity contribution in [3.8, 4) is 11.3 Å². The highest BCUT2D eigenvalue weighted by molar-refractivity contribution is 7.92. The summed E-state index contributed by atoms with van der Waals surface area (Å²) in [6.07, 6.45) is -4.71. The molecule has 3 aromatic rings. The predicted octanol–water partition coefficient (Wildman–Crippen LogP) is 3.13. The Labute approximate surface area is 205 Å². The number of pyridine rings is 2. The highest BCUT2D eigenvalue weighted by atomic mass is 32.2. The Morgan fingerprint density at radius 2 is 1.86 bits per heavy atom. The summed E-state index contributed by atoms with van der Waals surface area (Å²) in [5.74, 6) is -1.26. The molecule has 9 nitrogen and oxygen atoms in total. The first-order valence-corrected chi connectivity index (χ1v) is 12.3. The van der Waals surface area contributed by atoms with Gasteiger partial charge in [-0.15, -0.1) is 0 Å². The van der Waals surface area contributed by atoms with E-state index in [2.05, 4.69) is 20.0 Å². The van der Waals surface area contributed by atoms with Gasteiger partial charge in [0.15, 0.2) is 5.03 Å². The Morgan fingerprint density at radius 1 is 1.11 bits per heavy atom. The molecule has 1 fully saturated rings. The number of carbonyl (C=O) groups is 1. The van der Waals surface area contributed by atoms with Crippen LogP contribution in [0, 0.1) is 6.92 Å². The number of aryl methyl sites for hydroxylation is 1. The molecule has 13 heteroatoms. The van der Waals surface area contributed by atoms with Gasteiger partial charge in [0, 0.05) is 25.2 Å². The van der Waals surface area contributed by atoms with Crippen LogP contribution in [0.4, 0.5) is 24.8 Å². The van der Waals surface area contributed by atoms with E-state index in [9.17, 15) is 31.5 Å². The summed E-state index contributed by atoms with van der Waals surface area (Å²) in [7, 11) is -4.36. The van der Waals surface area contributed by atoms with Crippen molar-refractivity contribution < 1.29 is 31.5 Å². The molecule has 3 heterocycles. The van der Waals surface area contributed by atoms with E-state index in [0.29, 0.717) is 18.7 Å². The average molecular weight is 522 g/mol. The maximum atomic E-state index is 13.7. The lowest BCUT2D eigenvalue weighted by Crippen LogP contribution is -2.55. The summed E-state index contributed by atoms with van der Waals surface area (Å²) in [5, 5.41) is 12.0. The molecule has 190 valence electrons. The number of alkyl halides is 3. The summed E-state index contributed by atoms with van der Waals surface area (Å²) in [6, 6.07) is 11.2. The normalized spacial score (nSPS) is 16.6. The van der Waals surface area contributed by atoms with Crippen molar-refractivity contribution in [2.45, 2.75) is 24.2 Å². The van der Waals surface area contributed by atoms with Gasteiger partial charge in [-0.05, 0) is 36.8 Å². The van der Waals surface area contributed by atoms with Gasteiger partial charge < -0.3 is 15.3 Å². The zero-order valence-corrected chi connectivity index (χ0v) is 19.8. The molecule has 0 saturated carbocycles. The Bertz CT molecular complexity index is 1400. The van der Waals surface area contributed by atoms with E-state index < -0.39 is 44.5 Å². The molecule has 1 aliphatic rings. The van der Waals surface area contributed by atoms with Crippen molar-refractivity contribution in [1.82, 2.24) is 15.3 Å². The lowest BCUT2D eigenvalue weighted by atomic mass is 10.0. The van der Waals surface area contributed by atoms with Gasteiger partial charge in [-0.25, -0.2) is 14.8 Å². The second kappa shape index (κ2) is 9.74. The SMILES string of the molecule is Cc1ccccc1-c1nc(NS(=O)(=O)c2cccc(N3CCNC[C@@H]3C(=O)O)n2)ccc1C(F)(F)F. The number of rotatable bonds is 6. The molecule has 0 radical (unpaired) electrons. The lowest BCUT2D eigenvalue weighted by molar-refractivity contribution is -0.139. The number of hydrogen-bond donors (Lipinski definition) is 3. The Hall–Kier alpha value is -3.71. The highest BCUT2D eigenvalue weighted by Crippen LogP contribution is 2.38. The molecule has 1 atom stereocenters. The van der Waals surface area contributed by atoms with Crippen LogP contribution in [0.15, 0.2) is 59.6 Å². The van der Waals surface area contributed by atoms with Gasteiger partial charge in [-0.2, -0.15) is 21.6 Å². The van der Waals surface area contributed by atoms with Crippen molar-refractivity contribution in [1.29, 1.82) is 0 Å². The minimum Gasteiger partial charge on any atom is -0.480 e. The smallest absolute Gasteiger partial charge is 0.418 e. The number of aromatic nitrogens is 2. The van der Waals surface area contributed by atoms with Gasteiger partial charge in [0.25, 0.3) is 10.0 Å². The summed E-state index contributed by atoms with van der Waals surface area (Å²) in [4.78, 5) is 21.2. The molecule has 0 spiro atoms. The third-order valence-corrected chi connectivity index (χ3v) is 6.90. The third kappa shape index (κ3) is 5.26. The van der Waals surface area contributed by atoms with Crippen molar-refractivity contribution in [2.75, 3.05) is 29.3 Å². The van der Waals surface area contributed by atoms with E-state index >= 15 is 0 Å². The number of aliphatic carboxylic acids is 1. The first kappa shape index (κ1) is 25.4. The Balaban J connectivity index is 1.69. The number of piperazine rings is 1. The van der Waals surface area contributed by atoms with Crippen LogP contribution >= 0.6 is 0 Å². The number of nitrogens with zero attached hydrogens (tertiary/aromatic N) is 3. The van der Waals surface area contributed by atoms with Crippen LogP contribution in [-0.4, -0.2) is 55.1 Å². The van der Waals surface area contributed by atoms with Crippen molar-refractivity contribution in [2.24, 2.45) is 0 Å². The fraction of sp³-hybridized carbons (Fsp3) is 0.261. The van der Waals surface area contributed by atoms with Crippen molar-refractivity contribution in [3.05, 3.63) is 65.7 Å². The lowest BCUT2D eigenvalue weighted by Gasteiger charge is -2.34. The zero-order valence-electron chi connectivity index (χ0n) is 19.0. The molecular formula is C23H22F3N5O4S. The van der Waals surface area contributed by atoms with E-state index in [1.807, 2.05) is 0 Å². The molecule has 1 saturated heterocycles. The number of nitrogens with one attached hydrogen (secondary N) is 2. The second-order valence-electron chi connectivity index (χ2n) is 8.10. The molecular weight excluding hydrogens is 499 g/mol. The molecule has 0 unspecified atom stereocenters. The number of sulfonamides is 1. The summed E-state index contributed by atoms with van der Waals surface area (Å²) >= 11 is 0. The molecule has 3 N–H and O–H groups in total. The fourth-order valence-corrected chi connectivity index (χ4v) is 4.86. The van der Waals surface area contributed by atoms with Crippen LogP contribution in [0.3, 0.4) is 0 Å². The monoisotopic (exact) mass is 521 g/mol. The van der Waals surface area contributed by atoms with Crippen LogP contribution in [0.25, 0.3) is 11.3 Å². The second-order valence-corrected chi connectivity index (χ2v) is 9.73. The Morgan fingerprint density at radius 3 is 2.56 bits per heavy atom. The molecule has 0 bridgehead atoms. The maximum Gasteiger partial charge on any atom is 0.418 e. The minimum absolute atomic E-state index is 0.146. The minimum atomic E-state index is -4.71. The van der Waals surface area contributed by atoms with E-state index in [1.165, 1.54) is 29.2 Å². The van der Waals surface area contributed by atoms with E-state index in [4.69, 9.17) is 0 Å². The summed E-state index contributed by atoms with van der Waals surface area (Å²) < 4.78 is 69.3. The molecule has 1 aliphatic heterocycles. The maximum absolute atomic E-state index is 13.7. The van der Waals surface area contributed by atoms with Crippen LogP contribution in [-0.2, 0) is 21.0 Å². The number of benzene rings is 1. The van der Waals surface area contributed by atoms with Gasteiger partial charge in [0.05, 0.1) is 11.3 Å². The quantitative estimate of drug-likeness (QED) is 0.452. The van der Waals surface area contributed by atoms with Gasteiger partial charge in [-0.3, -0.25) is 4.72 Å². The molecule has 0 aliphatic carbocycles. The van der Waals surface area contributed by atoms with E-state index in [0.717, 1.165) is 12.1 Å². The molecule has 4 rings (SSSR count). The number of carboxylic acids is 1. The number of carboxylic acid groups (broad SMARTS) is 1. The van der Waals surface area contributed by atoms with Gasteiger partial charge in [0.2, 0.25) is 0 Å². The number of anilines is 2. The third-order valence-electron chi connectivity index (χ3n) is 5.65. The van der Waals surface area contributed by atoms with Crippen LogP contribution < -0.4 is 14.9 Å². The van der Waals surface area contributed by atoms with Crippen LogP contribution in [0.1, 0.15) is 11.1 Å². The van der Waals surface area contributed by atoms with Gasteiger partial charge >= 0.3 is 12.1 Å². The largest absolute Gasteiger partial charge is 0.480 e. The van der Waals surface area contributed by atoms with E-state index in [-0.39, 0.29) is 23.7 Å². The summed E-state index contributed by atoms with van der Waals surface area (Å²) in [6.45, 7) is 2.56. The molecule has 0 amide bonds. The van der Waals surface area contributed by atoms with Gasteiger partial charge in [-0.1, -0.05) is 30.3 Å². The molecule has 1 aromatic carbocycles. The standard InChI is InChI=1S/C23H22F3N5O4S/c1-14-5-2-3-6-15(14)21-16(23(24,25)26)9-10-18(28-21)30-36(34,35)20-8-4-7-19(29-20)31-12-11-27-13-17(31)22(32)33/h2-10,17,27H,11-13H2,1H3,(H,28,30)(H,32,33)/t17-/m1/s1. The molecule has 2 aromatic heterocycles. The van der Waals surface area contributed by atoms with Crippen molar-refractivity contribution >= 4 is 27.6 Å². The number of hydrogen-bond acceptors (Lipinski definition) is 7. The zero-order chi connectivity index (χ0) is 26.1. The highest BCUT2D eigenvalue weighted by Gasteiger charge is 2.35. The first-order valence-electron chi connectivity index (χ1n) is 10.8.